The van der Waals surface area contributed by atoms with Crippen molar-refractivity contribution in [3.8, 4) is 0 Å². The lowest BCUT2D eigenvalue weighted by molar-refractivity contribution is -0.122. The monoisotopic (exact) mass is 238 g/mol. The Kier molecular flexibility index (Phi) is 6.32. The Morgan fingerprint density at radius 3 is 2.94 bits per heavy atom. The van der Waals surface area contributed by atoms with Crippen LogP contribution in [-0.2, 0) is 11.3 Å². The molecule has 5 heteroatoms. The van der Waals surface area contributed by atoms with Gasteiger partial charge in [0.1, 0.15) is 0 Å². The van der Waals surface area contributed by atoms with Gasteiger partial charge in [-0.2, -0.15) is 0 Å². The summed E-state index contributed by atoms with van der Waals surface area (Å²) >= 11 is 0. The van der Waals surface area contributed by atoms with Crippen LogP contribution in [0.5, 0.6) is 0 Å². The Hall–Kier alpha value is -1.36. The van der Waals surface area contributed by atoms with Crippen molar-refractivity contribution in [1.82, 2.24) is 20.2 Å². The first-order valence-corrected chi connectivity index (χ1v) is 6.21. The van der Waals surface area contributed by atoms with Gasteiger partial charge in [-0.1, -0.05) is 0 Å². The van der Waals surface area contributed by atoms with E-state index in [2.05, 4.69) is 20.2 Å². The maximum Gasteiger partial charge on any atom is 0.236 e. The maximum absolute atomic E-state index is 11.4. The summed E-state index contributed by atoms with van der Waals surface area (Å²) < 4.78 is 2.06. The summed E-state index contributed by atoms with van der Waals surface area (Å²) in [6.07, 6.45) is 7.72. The minimum atomic E-state index is -0.108. The lowest BCUT2D eigenvalue weighted by Gasteiger charge is -2.13. The summed E-state index contributed by atoms with van der Waals surface area (Å²) in [7, 11) is 0. The van der Waals surface area contributed by atoms with E-state index in [0.717, 1.165) is 25.9 Å². The van der Waals surface area contributed by atoms with Crippen LogP contribution < -0.4 is 10.6 Å². The SMILES string of the molecule is CCNC(=O)C(C)NCCCCn1ccnc1. The normalized spacial score (nSPS) is 12.4. The summed E-state index contributed by atoms with van der Waals surface area (Å²) in [5, 5.41) is 6.01. The van der Waals surface area contributed by atoms with Crippen LogP contribution in [0, 0.1) is 0 Å². The molecular weight excluding hydrogens is 216 g/mol. The number of imidazole rings is 1. The minimum absolute atomic E-state index is 0.0714. The quantitative estimate of drug-likeness (QED) is 0.658. The third-order valence-corrected chi connectivity index (χ3v) is 2.60. The van der Waals surface area contributed by atoms with Gasteiger partial charge in [-0.05, 0) is 33.2 Å². The molecule has 0 bridgehead atoms. The number of nitrogens with one attached hydrogen (secondary N) is 2. The number of hydrogen-bond acceptors (Lipinski definition) is 3. The van der Waals surface area contributed by atoms with Gasteiger partial charge in [0.2, 0.25) is 5.91 Å². The molecule has 2 N–H and O–H groups in total. The number of nitrogens with zero attached hydrogens (tertiary/aromatic N) is 2. The summed E-state index contributed by atoms with van der Waals surface area (Å²) in [6.45, 7) is 6.35. The van der Waals surface area contributed by atoms with Crippen LogP contribution in [0.25, 0.3) is 0 Å². The fourth-order valence-electron chi connectivity index (χ4n) is 1.58. The lowest BCUT2D eigenvalue weighted by Crippen LogP contribution is -2.42. The molecule has 0 aliphatic carbocycles. The van der Waals surface area contributed by atoms with Gasteiger partial charge in [0.25, 0.3) is 0 Å². The molecule has 5 nitrogen and oxygen atoms in total. The van der Waals surface area contributed by atoms with Gasteiger partial charge in [-0.25, -0.2) is 4.98 Å². The van der Waals surface area contributed by atoms with Gasteiger partial charge in [0, 0.05) is 25.5 Å². The Labute approximate surface area is 103 Å². The highest BCUT2D eigenvalue weighted by atomic mass is 16.2. The molecule has 1 aromatic rings. The fourth-order valence-corrected chi connectivity index (χ4v) is 1.58. The molecule has 17 heavy (non-hydrogen) atoms. The fraction of sp³-hybridized carbons (Fsp3) is 0.667. The first-order valence-electron chi connectivity index (χ1n) is 6.21. The predicted molar refractivity (Wildman–Crippen MR) is 67.6 cm³/mol. The average molecular weight is 238 g/mol. The molecule has 1 heterocycles. The van der Waals surface area contributed by atoms with Gasteiger partial charge in [-0.15, -0.1) is 0 Å². The summed E-state index contributed by atoms with van der Waals surface area (Å²) in [5.41, 5.74) is 0. The summed E-state index contributed by atoms with van der Waals surface area (Å²) in [5.74, 6) is 0.0714. The predicted octanol–water partition coefficient (Wildman–Crippen LogP) is 0.777. The smallest absolute Gasteiger partial charge is 0.236 e. The highest BCUT2D eigenvalue weighted by molar-refractivity contribution is 5.81. The van der Waals surface area contributed by atoms with Crippen molar-refractivity contribution in [1.29, 1.82) is 0 Å². The first kappa shape index (κ1) is 13.7. The summed E-state index contributed by atoms with van der Waals surface area (Å²) in [4.78, 5) is 15.4. The number of hydrogen-bond donors (Lipinski definition) is 2. The van der Waals surface area contributed by atoms with Crippen molar-refractivity contribution in [2.45, 2.75) is 39.3 Å². The van der Waals surface area contributed by atoms with E-state index in [-0.39, 0.29) is 11.9 Å². The van der Waals surface area contributed by atoms with E-state index in [1.807, 2.05) is 26.4 Å². The Bertz CT molecular complexity index is 310. The lowest BCUT2D eigenvalue weighted by atomic mass is 10.2. The highest BCUT2D eigenvalue weighted by Crippen LogP contribution is 1.94. The molecule has 0 spiro atoms. The largest absolute Gasteiger partial charge is 0.355 e. The van der Waals surface area contributed by atoms with Crippen LogP contribution in [0.2, 0.25) is 0 Å². The molecule has 0 radical (unpaired) electrons. The van der Waals surface area contributed by atoms with Gasteiger partial charge < -0.3 is 15.2 Å². The molecule has 1 rings (SSSR count). The van der Waals surface area contributed by atoms with Crippen molar-refractivity contribution in [2.75, 3.05) is 13.1 Å². The molecule has 0 aromatic carbocycles. The second-order valence-corrected chi connectivity index (χ2v) is 4.08. The molecule has 1 unspecified atom stereocenters. The molecule has 0 saturated carbocycles. The van der Waals surface area contributed by atoms with Crippen molar-refractivity contribution >= 4 is 5.91 Å². The number of aromatic nitrogens is 2. The van der Waals surface area contributed by atoms with Crippen molar-refractivity contribution in [3.63, 3.8) is 0 Å². The Morgan fingerprint density at radius 1 is 1.47 bits per heavy atom. The number of rotatable bonds is 8. The van der Waals surface area contributed by atoms with E-state index in [9.17, 15) is 4.79 Å². The average Bonchev–Trinajstić information content (AvgIpc) is 2.81. The van der Waals surface area contributed by atoms with Gasteiger partial charge >= 0.3 is 0 Å². The zero-order valence-corrected chi connectivity index (χ0v) is 10.6. The van der Waals surface area contributed by atoms with Crippen LogP contribution in [0.15, 0.2) is 18.7 Å². The molecule has 1 amide bonds. The Balaban J connectivity index is 2.02. The molecule has 96 valence electrons. The van der Waals surface area contributed by atoms with E-state index in [4.69, 9.17) is 0 Å². The standard InChI is InChI=1S/C12H22N4O/c1-3-14-12(17)11(2)15-6-4-5-8-16-9-7-13-10-16/h7,9-11,15H,3-6,8H2,1-2H3,(H,14,17). The first-order chi connectivity index (χ1) is 8.24. The van der Waals surface area contributed by atoms with Gasteiger partial charge in [0.15, 0.2) is 0 Å². The second kappa shape index (κ2) is 7.84. The van der Waals surface area contributed by atoms with Crippen LogP contribution in [-0.4, -0.2) is 34.6 Å². The molecule has 1 atom stereocenters. The van der Waals surface area contributed by atoms with Crippen LogP contribution in [0.1, 0.15) is 26.7 Å². The van der Waals surface area contributed by atoms with Crippen molar-refractivity contribution < 1.29 is 4.79 Å². The number of carbonyl (C=O) groups excluding carboxylic acids is 1. The maximum atomic E-state index is 11.4. The van der Waals surface area contributed by atoms with Crippen LogP contribution >= 0.6 is 0 Å². The molecular formula is C12H22N4O. The third-order valence-electron chi connectivity index (χ3n) is 2.60. The number of unbranched alkanes of at least 4 members (excludes halogenated alkanes) is 1. The van der Waals surface area contributed by atoms with Crippen LogP contribution in [0.3, 0.4) is 0 Å². The molecule has 0 saturated heterocycles. The number of likely N-dealkylation sites (N-methyl/N-ethyl adjacent to an activating group) is 1. The highest BCUT2D eigenvalue weighted by Gasteiger charge is 2.09. The second-order valence-electron chi connectivity index (χ2n) is 4.08. The van der Waals surface area contributed by atoms with Gasteiger partial charge in [0.05, 0.1) is 12.4 Å². The zero-order chi connectivity index (χ0) is 12.5. The van der Waals surface area contributed by atoms with E-state index >= 15 is 0 Å². The van der Waals surface area contributed by atoms with Gasteiger partial charge in [-0.3, -0.25) is 4.79 Å². The number of carbonyl (C=O) groups is 1. The van der Waals surface area contributed by atoms with E-state index in [0.29, 0.717) is 6.54 Å². The van der Waals surface area contributed by atoms with E-state index in [1.165, 1.54) is 0 Å². The number of aryl methyl sites for hydroxylation is 1. The Morgan fingerprint density at radius 2 is 2.29 bits per heavy atom. The van der Waals surface area contributed by atoms with E-state index < -0.39 is 0 Å². The molecule has 0 aliphatic heterocycles. The van der Waals surface area contributed by atoms with Crippen molar-refractivity contribution in [2.24, 2.45) is 0 Å². The van der Waals surface area contributed by atoms with Crippen molar-refractivity contribution in [3.05, 3.63) is 18.7 Å². The van der Waals surface area contributed by atoms with Crippen LogP contribution in [0.4, 0.5) is 0 Å². The number of amides is 1. The molecule has 0 aliphatic rings. The third kappa shape index (κ3) is 5.49. The summed E-state index contributed by atoms with van der Waals surface area (Å²) in [6, 6.07) is -0.108. The van der Waals surface area contributed by atoms with E-state index in [1.54, 1.807) is 6.20 Å². The molecule has 0 fully saturated rings. The molecule has 1 aromatic heterocycles. The zero-order valence-electron chi connectivity index (χ0n) is 10.6. The topological polar surface area (TPSA) is 59.0 Å². The minimum Gasteiger partial charge on any atom is -0.355 e.